The Morgan fingerprint density at radius 3 is 1.33 bits per heavy atom. The van der Waals surface area contributed by atoms with Crippen molar-refractivity contribution in [2.75, 3.05) is 0 Å². The van der Waals surface area contributed by atoms with Gasteiger partial charge in [-0.15, -0.1) is 5.12 Å². The van der Waals surface area contributed by atoms with E-state index in [-0.39, 0.29) is 0 Å². The predicted molar refractivity (Wildman–Crippen MR) is 46.8 cm³/mol. The quantitative estimate of drug-likeness (QED) is 0.306. The maximum atomic E-state index is 13.7. The first-order valence-corrected chi connectivity index (χ1v) is 5.64. The Morgan fingerprint density at radius 2 is 1.04 bits per heavy atom. The molecule has 0 aromatic rings. The summed E-state index contributed by atoms with van der Waals surface area (Å²) in [5.74, 6) is -42.8. The molecular formula is C9F17N. The van der Waals surface area contributed by atoms with Crippen LogP contribution in [0.5, 0.6) is 0 Å². The van der Waals surface area contributed by atoms with Crippen LogP contribution >= 0.6 is 0 Å². The zero-order valence-corrected chi connectivity index (χ0v) is 11.4. The van der Waals surface area contributed by atoms with Crippen molar-refractivity contribution in [3.05, 3.63) is 11.5 Å². The van der Waals surface area contributed by atoms with E-state index in [1.165, 1.54) is 0 Å². The van der Waals surface area contributed by atoms with Gasteiger partial charge in [-0.3, -0.25) is 0 Å². The molecule has 0 saturated heterocycles. The van der Waals surface area contributed by atoms with Gasteiger partial charge in [-0.1, -0.05) is 4.48 Å². The summed E-state index contributed by atoms with van der Waals surface area (Å²) in [4.78, 5) is 0. The van der Waals surface area contributed by atoms with Crippen molar-refractivity contribution in [2.24, 2.45) is 0 Å². The summed E-state index contributed by atoms with van der Waals surface area (Å²) < 4.78 is 216. The third-order valence-electron chi connectivity index (χ3n) is 3.22. The number of hydrogen-bond donors (Lipinski definition) is 0. The highest BCUT2D eigenvalue weighted by molar-refractivity contribution is 5.39. The van der Waals surface area contributed by atoms with E-state index in [1.54, 1.807) is 0 Å². The van der Waals surface area contributed by atoms with Gasteiger partial charge < -0.3 is 0 Å². The van der Waals surface area contributed by atoms with Crippen LogP contribution in [0.25, 0.3) is 0 Å². The summed E-state index contributed by atoms with van der Waals surface area (Å²) >= 11 is 0. The topological polar surface area (TPSA) is 3.24 Å². The molecule has 0 aliphatic carbocycles. The summed E-state index contributed by atoms with van der Waals surface area (Å²) in [6.07, 6.45) is -15.1. The average molecular weight is 445 g/mol. The van der Waals surface area contributed by atoms with Crippen molar-refractivity contribution >= 4 is 0 Å². The molecule has 18 heteroatoms. The normalized spacial score (nSPS) is 25.4. The van der Waals surface area contributed by atoms with Crippen LogP contribution in [-0.4, -0.2) is 47.0 Å². The maximum Gasteiger partial charge on any atom is 0.460 e. The van der Waals surface area contributed by atoms with Crippen LogP contribution in [0.4, 0.5) is 74.7 Å². The Labute approximate surface area is 134 Å². The monoisotopic (exact) mass is 445 g/mol. The zero-order chi connectivity index (χ0) is 22.2. The van der Waals surface area contributed by atoms with Gasteiger partial charge in [-0.2, -0.15) is 65.9 Å². The Hall–Kier alpha value is -1.65. The SMILES string of the molecule is FC1=C(C(F)(F)C(F)(F)C(F)(F)F)C(F)(F)C(F)(C(F)(F)C(F)(F)F)N1F. The van der Waals surface area contributed by atoms with E-state index in [1.807, 2.05) is 0 Å². The van der Waals surface area contributed by atoms with Gasteiger partial charge in [0.1, 0.15) is 5.57 Å². The first kappa shape index (κ1) is 23.4. The third-order valence-corrected chi connectivity index (χ3v) is 3.22. The van der Waals surface area contributed by atoms with Crippen LogP contribution in [0.15, 0.2) is 11.5 Å². The summed E-state index contributed by atoms with van der Waals surface area (Å²) in [7, 11) is 0. The molecule has 27 heavy (non-hydrogen) atoms. The Kier molecular flexibility index (Phi) is 4.72. The third kappa shape index (κ3) is 2.53. The molecule has 0 spiro atoms. The van der Waals surface area contributed by atoms with E-state index >= 15 is 0 Å². The van der Waals surface area contributed by atoms with Crippen molar-refractivity contribution in [3.8, 4) is 0 Å². The number of rotatable bonds is 3. The van der Waals surface area contributed by atoms with Crippen LogP contribution in [0.3, 0.4) is 0 Å². The van der Waals surface area contributed by atoms with Gasteiger partial charge in [0.2, 0.25) is 5.95 Å². The van der Waals surface area contributed by atoms with E-state index in [0.717, 1.165) is 0 Å². The van der Waals surface area contributed by atoms with Gasteiger partial charge in [0.05, 0.1) is 0 Å². The molecule has 0 aromatic heterocycles. The van der Waals surface area contributed by atoms with Crippen molar-refractivity contribution in [3.63, 3.8) is 0 Å². The summed E-state index contributed by atoms with van der Waals surface area (Å²) in [6.45, 7) is 0. The van der Waals surface area contributed by atoms with E-state index in [9.17, 15) is 74.7 Å². The summed E-state index contributed by atoms with van der Waals surface area (Å²) in [5.41, 5.74) is -4.90. The van der Waals surface area contributed by atoms with Crippen molar-refractivity contribution in [1.82, 2.24) is 5.12 Å². The number of halogens is 17. The van der Waals surface area contributed by atoms with E-state index < -0.39 is 58.5 Å². The molecule has 1 unspecified atom stereocenters. The Morgan fingerprint density at radius 1 is 0.667 bits per heavy atom. The minimum absolute atomic E-state index is 3.61. The Balaban J connectivity index is 3.82. The van der Waals surface area contributed by atoms with E-state index in [0.29, 0.717) is 0 Å². The van der Waals surface area contributed by atoms with Crippen LogP contribution in [0.2, 0.25) is 0 Å². The molecule has 0 N–H and O–H groups in total. The van der Waals surface area contributed by atoms with Crippen LogP contribution in [-0.2, 0) is 0 Å². The van der Waals surface area contributed by atoms with Gasteiger partial charge in [0.25, 0.3) is 0 Å². The first-order valence-electron chi connectivity index (χ1n) is 5.64. The molecule has 160 valence electrons. The lowest BCUT2D eigenvalue weighted by Gasteiger charge is -2.38. The second-order valence-electron chi connectivity index (χ2n) is 4.86. The van der Waals surface area contributed by atoms with Gasteiger partial charge >= 0.3 is 41.8 Å². The van der Waals surface area contributed by atoms with Gasteiger partial charge in [-0.05, 0) is 0 Å². The van der Waals surface area contributed by atoms with Crippen LogP contribution < -0.4 is 0 Å². The second-order valence-corrected chi connectivity index (χ2v) is 4.86. The molecule has 0 aromatic carbocycles. The molecular weight excluding hydrogens is 445 g/mol. The van der Waals surface area contributed by atoms with E-state index in [2.05, 4.69) is 0 Å². The Bertz CT molecular complexity index is 638. The highest BCUT2D eigenvalue weighted by Crippen LogP contribution is 2.66. The van der Waals surface area contributed by atoms with Crippen molar-refractivity contribution < 1.29 is 74.7 Å². The molecule has 0 amide bonds. The minimum atomic E-state index is -7.76. The van der Waals surface area contributed by atoms with Crippen molar-refractivity contribution in [2.45, 2.75) is 41.8 Å². The zero-order valence-electron chi connectivity index (χ0n) is 11.4. The van der Waals surface area contributed by atoms with Crippen LogP contribution in [0, 0.1) is 0 Å². The molecule has 0 fully saturated rings. The lowest BCUT2D eigenvalue weighted by Crippen LogP contribution is -2.68. The fourth-order valence-electron chi connectivity index (χ4n) is 1.82. The van der Waals surface area contributed by atoms with Crippen molar-refractivity contribution in [1.29, 1.82) is 0 Å². The molecule has 1 rings (SSSR count). The molecule has 1 heterocycles. The lowest BCUT2D eigenvalue weighted by molar-refractivity contribution is -0.403. The molecule has 1 aliphatic rings. The van der Waals surface area contributed by atoms with E-state index in [4.69, 9.17) is 0 Å². The first-order chi connectivity index (χ1) is 11.4. The number of nitrogens with zero attached hydrogens (tertiary/aromatic N) is 1. The average Bonchev–Trinajstić information content (AvgIpc) is 2.54. The predicted octanol–water partition coefficient (Wildman–Crippen LogP) is 5.70. The van der Waals surface area contributed by atoms with Gasteiger partial charge in [0, 0.05) is 0 Å². The highest BCUT2D eigenvalue weighted by atomic mass is 19.4. The minimum Gasteiger partial charge on any atom is -0.202 e. The standard InChI is InChI=1S/C9F17N/c10-2-1(3(11,12)5(15,16)8(20,21)22)4(13,14)7(19,27(2)26)6(17,18)9(23,24)25. The van der Waals surface area contributed by atoms with Gasteiger partial charge in [0.15, 0.2) is 0 Å². The highest BCUT2D eigenvalue weighted by Gasteiger charge is 2.92. The molecule has 0 bridgehead atoms. The lowest BCUT2D eigenvalue weighted by atomic mass is 9.90. The number of hydrogen-bond acceptors (Lipinski definition) is 1. The second kappa shape index (κ2) is 5.45. The summed E-state index contributed by atoms with van der Waals surface area (Å²) in [5, 5.41) is -3.61. The maximum absolute atomic E-state index is 13.7. The molecule has 1 aliphatic heterocycles. The van der Waals surface area contributed by atoms with Crippen LogP contribution in [0.1, 0.15) is 0 Å². The van der Waals surface area contributed by atoms with Gasteiger partial charge in [-0.25, -0.2) is 4.39 Å². The largest absolute Gasteiger partial charge is 0.460 e. The smallest absolute Gasteiger partial charge is 0.202 e. The fourth-order valence-corrected chi connectivity index (χ4v) is 1.82. The molecule has 1 atom stereocenters. The molecule has 0 radical (unpaired) electrons. The molecule has 0 saturated carbocycles. The molecule has 1 nitrogen and oxygen atoms in total. The summed E-state index contributed by atoms with van der Waals surface area (Å²) in [6, 6.07) is 0. The number of alkyl halides is 15. The fraction of sp³-hybridized carbons (Fsp3) is 0.778.